The molecule has 1 heterocycles. The Morgan fingerprint density at radius 1 is 1.12 bits per heavy atom. The lowest BCUT2D eigenvalue weighted by atomic mass is 10.6. The van der Waals surface area contributed by atoms with Gasteiger partial charge in [0.25, 0.3) is 0 Å². The van der Waals surface area contributed by atoms with Crippen molar-refractivity contribution in [3.63, 3.8) is 0 Å². The minimum atomic E-state index is 0.435. The van der Waals surface area contributed by atoms with Crippen molar-refractivity contribution in [2.45, 2.75) is 26.9 Å². The molecule has 0 atom stereocenters. The second-order valence-electron chi connectivity index (χ2n) is 1.39. The Balaban J connectivity index is 0.000000222. The van der Waals surface area contributed by atoms with Crippen LogP contribution in [0, 0.1) is 0 Å². The molecule has 0 aromatic heterocycles. The van der Waals surface area contributed by atoms with Crippen LogP contribution in [-0.2, 0) is 0 Å². The van der Waals surface area contributed by atoms with E-state index in [-0.39, 0.29) is 0 Å². The van der Waals surface area contributed by atoms with Crippen molar-refractivity contribution >= 4 is 0 Å². The molecule has 0 fully saturated rings. The Bertz CT molecular complexity index is 60.9. The van der Waals surface area contributed by atoms with Gasteiger partial charge in [-0.3, -0.25) is 0 Å². The lowest BCUT2D eigenvalue weighted by Crippen LogP contribution is -2.25. The van der Waals surface area contributed by atoms with Gasteiger partial charge in [0.1, 0.15) is 0 Å². The Labute approximate surface area is 51.0 Å². The monoisotopic (exact) mass is 114 g/mol. The van der Waals surface area contributed by atoms with Gasteiger partial charge in [0.15, 0.2) is 0 Å². The normalized spacial score (nSPS) is 15.9. The largest absolute Gasteiger partial charge is 0.370 e. The third-order valence-corrected chi connectivity index (χ3v) is 0.776. The molecular formula is C6H14N2. The van der Waals surface area contributed by atoms with Gasteiger partial charge in [0.2, 0.25) is 0 Å². The highest BCUT2D eigenvalue weighted by Crippen LogP contribution is 1.80. The molecule has 0 amide bonds. The van der Waals surface area contributed by atoms with E-state index in [4.69, 9.17) is 0 Å². The van der Waals surface area contributed by atoms with Gasteiger partial charge in [-0.05, 0) is 6.92 Å². The molecule has 1 aliphatic rings. The molecule has 0 saturated carbocycles. The highest BCUT2D eigenvalue weighted by Gasteiger charge is 1.94. The summed E-state index contributed by atoms with van der Waals surface area (Å²) in [4.78, 5) is 0. The summed E-state index contributed by atoms with van der Waals surface area (Å²) >= 11 is 0. The molecule has 0 aliphatic carbocycles. The maximum absolute atomic E-state index is 3.03. The van der Waals surface area contributed by atoms with E-state index in [1.165, 1.54) is 0 Å². The molecule has 0 unspecified atom stereocenters. The first-order valence-corrected chi connectivity index (χ1v) is 3.07. The molecule has 2 N–H and O–H groups in total. The maximum atomic E-state index is 3.03. The SMILES string of the molecule is CC.CC1NC=CN1. The van der Waals surface area contributed by atoms with Gasteiger partial charge in [-0.1, -0.05) is 13.8 Å². The quantitative estimate of drug-likeness (QED) is 0.491. The lowest BCUT2D eigenvalue weighted by molar-refractivity contribution is 0.625. The predicted octanol–water partition coefficient (Wildman–Crippen LogP) is 1.02. The second kappa shape index (κ2) is 4.50. The zero-order valence-corrected chi connectivity index (χ0v) is 5.73. The van der Waals surface area contributed by atoms with Crippen LogP contribution in [0.1, 0.15) is 20.8 Å². The fourth-order valence-electron chi connectivity index (χ4n) is 0.433. The number of hydrogen-bond donors (Lipinski definition) is 2. The van der Waals surface area contributed by atoms with Crippen molar-refractivity contribution in [3.8, 4) is 0 Å². The first-order valence-electron chi connectivity index (χ1n) is 3.07. The molecule has 1 aliphatic heterocycles. The lowest BCUT2D eigenvalue weighted by Gasteiger charge is -2.00. The van der Waals surface area contributed by atoms with Gasteiger partial charge in [0, 0.05) is 12.4 Å². The van der Waals surface area contributed by atoms with Crippen molar-refractivity contribution in [1.29, 1.82) is 0 Å². The van der Waals surface area contributed by atoms with Crippen LogP contribution in [0.5, 0.6) is 0 Å². The number of nitrogens with one attached hydrogen (secondary N) is 2. The summed E-state index contributed by atoms with van der Waals surface area (Å²) in [7, 11) is 0. The smallest absolute Gasteiger partial charge is 0.0926 e. The van der Waals surface area contributed by atoms with Crippen LogP contribution in [-0.4, -0.2) is 6.17 Å². The zero-order chi connectivity index (χ0) is 6.41. The van der Waals surface area contributed by atoms with Crippen LogP contribution in [0.2, 0.25) is 0 Å². The van der Waals surface area contributed by atoms with E-state index in [9.17, 15) is 0 Å². The molecule has 2 heteroatoms. The second-order valence-corrected chi connectivity index (χ2v) is 1.39. The molecule has 0 saturated heterocycles. The van der Waals surface area contributed by atoms with Crippen LogP contribution in [0.3, 0.4) is 0 Å². The Morgan fingerprint density at radius 2 is 1.50 bits per heavy atom. The van der Waals surface area contributed by atoms with Crippen LogP contribution in [0.25, 0.3) is 0 Å². The van der Waals surface area contributed by atoms with Crippen molar-refractivity contribution in [3.05, 3.63) is 12.4 Å². The summed E-state index contributed by atoms with van der Waals surface area (Å²) in [6.07, 6.45) is 4.22. The maximum Gasteiger partial charge on any atom is 0.0926 e. The molecular weight excluding hydrogens is 100 g/mol. The molecule has 8 heavy (non-hydrogen) atoms. The van der Waals surface area contributed by atoms with E-state index in [0.29, 0.717) is 6.17 Å². The molecule has 0 bridgehead atoms. The molecule has 48 valence electrons. The highest BCUT2D eigenvalue weighted by atomic mass is 15.1. The molecule has 0 aromatic rings. The van der Waals surface area contributed by atoms with Crippen molar-refractivity contribution in [2.24, 2.45) is 0 Å². The van der Waals surface area contributed by atoms with Crippen LogP contribution in [0.4, 0.5) is 0 Å². The van der Waals surface area contributed by atoms with Crippen molar-refractivity contribution < 1.29 is 0 Å². The summed E-state index contributed by atoms with van der Waals surface area (Å²) in [6.45, 7) is 6.06. The molecule has 1 rings (SSSR count). The van der Waals surface area contributed by atoms with Crippen molar-refractivity contribution in [1.82, 2.24) is 10.6 Å². The number of hydrogen-bond acceptors (Lipinski definition) is 2. The van der Waals surface area contributed by atoms with Crippen LogP contribution < -0.4 is 10.6 Å². The summed E-state index contributed by atoms with van der Waals surface area (Å²) < 4.78 is 0. The van der Waals surface area contributed by atoms with E-state index in [2.05, 4.69) is 17.6 Å². The summed E-state index contributed by atoms with van der Waals surface area (Å²) in [5, 5.41) is 6.06. The summed E-state index contributed by atoms with van der Waals surface area (Å²) in [6, 6.07) is 0. The van der Waals surface area contributed by atoms with Gasteiger partial charge in [-0.2, -0.15) is 0 Å². The fourth-order valence-corrected chi connectivity index (χ4v) is 0.433. The number of rotatable bonds is 0. The van der Waals surface area contributed by atoms with Crippen LogP contribution in [0.15, 0.2) is 12.4 Å². The van der Waals surface area contributed by atoms with E-state index < -0.39 is 0 Å². The predicted molar refractivity (Wildman–Crippen MR) is 36.2 cm³/mol. The van der Waals surface area contributed by atoms with Gasteiger partial charge in [0.05, 0.1) is 6.17 Å². The third kappa shape index (κ3) is 2.50. The average molecular weight is 114 g/mol. The molecule has 2 nitrogen and oxygen atoms in total. The first-order chi connectivity index (χ1) is 3.89. The Morgan fingerprint density at radius 3 is 1.62 bits per heavy atom. The van der Waals surface area contributed by atoms with E-state index >= 15 is 0 Å². The molecule has 0 aromatic carbocycles. The summed E-state index contributed by atoms with van der Waals surface area (Å²) in [5.41, 5.74) is 0. The summed E-state index contributed by atoms with van der Waals surface area (Å²) in [5.74, 6) is 0. The molecule has 0 radical (unpaired) electrons. The van der Waals surface area contributed by atoms with Gasteiger partial charge in [-0.15, -0.1) is 0 Å². The van der Waals surface area contributed by atoms with E-state index in [1.54, 1.807) is 0 Å². The average Bonchev–Trinajstić information content (AvgIpc) is 2.24. The topological polar surface area (TPSA) is 24.1 Å². The Hall–Kier alpha value is -0.660. The van der Waals surface area contributed by atoms with Crippen LogP contribution >= 0.6 is 0 Å². The zero-order valence-electron chi connectivity index (χ0n) is 5.73. The van der Waals surface area contributed by atoms with Crippen molar-refractivity contribution in [2.75, 3.05) is 0 Å². The minimum Gasteiger partial charge on any atom is -0.370 e. The molecule has 0 spiro atoms. The fraction of sp³-hybridized carbons (Fsp3) is 0.667. The minimum absolute atomic E-state index is 0.435. The van der Waals surface area contributed by atoms with Gasteiger partial charge < -0.3 is 10.6 Å². The standard InChI is InChI=1S/C4H8N2.C2H6/c1-4-5-2-3-6-4;1-2/h2-6H,1H3;1-2H3. The van der Waals surface area contributed by atoms with Gasteiger partial charge >= 0.3 is 0 Å². The van der Waals surface area contributed by atoms with E-state index in [1.807, 2.05) is 26.2 Å². The first kappa shape index (κ1) is 7.34. The highest BCUT2D eigenvalue weighted by molar-refractivity contribution is 4.87. The third-order valence-electron chi connectivity index (χ3n) is 0.776. The Kier molecular flexibility index (Phi) is 4.13. The van der Waals surface area contributed by atoms with Gasteiger partial charge in [-0.25, -0.2) is 0 Å². The van der Waals surface area contributed by atoms with E-state index in [0.717, 1.165) is 0 Å².